The van der Waals surface area contributed by atoms with Gasteiger partial charge < -0.3 is 9.52 Å². The van der Waals surface area contributed by atoms with E-state index < -0.39 is 5.97 Å². The molecule has 1 heterocycles. The summed E-state index contributed by atoms with van der Waals surface area (Å²) in [4.78, 5) is 10.9. The molecule has 1 N–H and O–H groups in total. The highest BCUT2D eigenvalue weighted by atomic mass is 32.2. The summed E-state index contributed by atoms with van der Waals surface area (Å²) in [6, 6.07) is 6.94. The van der Waals surface area contributed by atoms with Crippen LogP contribution >= 0.6 is 11.8 Å². The monoisotopic (exact) mass is 370 g/mol. The second-order valence-corrected chi connectivity index (χ2v) is 9.29. The number of carbonyl (C=O) groups is 1. The molecule has 26 heavy (non-hydrogen) atoms. The van der Waals surface area contributed by atoms with Crippen molar-refractivity contribution in [1.82, 2.24) is 10.2 Å². The summed E-state index contributed by atoms with van der Waals surface area (Å²) in [5.74, 6) is 3.23. The number of benzene rings is 1. The zero-order valence-corrected chi connectivity index (χ0v) is 15.4. The molecule has 0 radical (unpaired) electrons. The Labute approximate surface area is 156 Å². The lowest BCUT2D eigenvalue weighted by Gasteiger charge is -2.55. The molecule has 0 unspecified atom stereocenters. The average molecular weight is 370 g/mol. The number of carboxylic acid groups (broad SMARTS) is 1. The van der Waals surface area contributed by atoms with Crippen molar-refractivity contribution >= 4 is 17.7 Å². The fourth-order valence-electron chi connectivity index (χ4n) is 5.74. The summed E-state index contributed by atoms with van der Waals surface area (Å²) in [6.07, 6.45) is 7.88. The molecule has 0 amide bonds. The Bertz CT molecular complexity index is 795. The van der Waals surface area contributed by atoms with Gasteiger partial charge in [-0.05, 0) is 74.0 Å². The van der Waals surface area contributed by atoms with E-state index in [9.17, 15) is 4.79 Å². The maximum atomic E-state index is 10.9. The topological polar surface area (TPSA) is 76.2 Å². The van der Waals surface area contributed by atoms with Gasteiger partial charge in [0.05, 0.1) is 5.56 Å². The van der Waals surface area contributed by atoms with Crippen LogP contribution in [0.3, 0.4) is 0 Å². The average Bonchev–Trinajstić information content (AvgIpc) is 3.09. The second-order valence-electron chi connectivity index (χ2n) is 8.36. The summed E-state index contributed by atoms with van der Waals surface area (Å²) >= 11 is 1.52. The smallest absolute Gasteiger partial charge is 0.335 e. The fraction of sp³-hybridized carbons (Fsp3) is 0.550. The van der Waals surface area contributed by atoms with Crippen LogP contribution in [0.4, 0.5) is 0 Å². The van der Waals surface area contributed by atoms with Gasteiger partial charge in [-0.2, -0.15) is 0 Å². The van der Waals surface area contributed by atoms with E-state index in [1.807, 2.05) is 12.1 Å². The van der Waals surface area contributed by atoms with Crippen molar-refractivity contribution in [3.63, 3.8) is 0 Å². The predicted octanol–water partition coefficient (Wildman–Crippen LogP) is 4.53. The van der Waals surface area contributed by atoms with Gasteiger partial charge in [-0.3, -0.25) is 0 Å². The molecule has 0 spiro atoms. The third-order valence-corrected chi connectivity index (χ3v) is 7.35. The van der Waals surface area contributed by atoms with Crippen LogP contribution in [0.25, 0.3) is 0 Å². The molecule has 4 bridgehead atoms. The van der Waals surface area contributed by atoms with Crippen molar-refractivity contribution < 1.29 is 14.3 Å². The van der Waals surface area contributed by atoms with Gasteiger partial charge in [0.2, 0.25) is 5.89 Å². The molecule has 5 nitrogen and oxygen atoms in total. The van der Waals surface area contributed by atoms with E-state index >= 15 is 0 Å². The highest BCUT2D eigenvalue weighted by Crippen LogP contribution is 2.60. The van der Waals surface area contributed by atoms with Gasteiger partial charge in [0.25, 0.3) is 5.22 Å². The van der Waals surface area contributed by atoms with Gasteiger partial charge in [-0.1, -0.05) is 23.9 Å². The van der Waals surface area contributed by atoms with E-state index in [1.165, 1.54) is 50.3 Å². The lowest BCUT2D eigenvalue weighted by atomic mass is 9.49. The number of thioether (sulfide) groups is 1. The number of carboxylic acids is 1. The molecule has 0 saturated heterocycles. The summed E-state index contributed by atoms with van der Waals surface area (Å²) in [7, 11) is 0. The molecule has 0 atom stereocenters. The van der Waals surface area contributed by atoms with Gasteiger partial charge in [0.15, 0.2) is 0 Å². The van der Waals surface area contributed by atoms with Gasteiger partial charge in [-0.25, -0.2) is 4.79 Å². The van der Waals surface area contributed by atoms with Gasteiger partial charge in [0.1, 0.15) is 0 Å². The molecule has 0 aliphatic heterocycles. The maximum absolute atomic E-state index is 10.9. The van der Waals surface area contributed by atoms with E-state index in [4.69, 9.17) is 9.52 Å². The first-order chi connectivity index (χ1) is 12.6. The third-order valence-electron chi connectivity index (χ3n) is 6.46. The van der Waals surface area contributed by atoms with E-state index in [1.54, 1.807) is 12.1 Å². The maximum Gasteiger partial charge on any atom is 0.335 e. The first-order valence-corrected chi connectivity index (χ1v) is 10.4. The van der Waals surface area contributed by atoms with Crippen LogP contribution < -0.4 is 0 Å². The van der Waals surface area contributed by atoms with Crippen LogP contribution in [0.15, 0.2) is 33.9 Å². The SMILES string of the molecule is O=C(O)c1ccc(CSc2nnc(C34CC5CC(CC(C5)C3)C4)o2)cc1. The number of nitrogens with zero attached hydrogens (tertiary/aromatic N) is 2. The molecule has 4 fully saturated rings. The van der Waals surface area contributed by atoms with E-state index in [-0.39, 0.29) is 5.41 Å². The zero-order chi connectivity index (χ0) is 17.7. The Morgan fingerprint density at radius 1 is 1.08 bits per heavy atom. The van der Waals surface area contributed by atoms with Crippen LogP contribution in [0.2, 0.25) is 0 Å². The Hall–Kier alpha value is -1.82. The molecular formula is C20H22N2O3S. The van der Waals surface area contributed by atoms with Gasteiger partial charge in [-0.15, -0.1) is 10.2 Å². The number of hydrogen-bond acceptors (Lipinski definition) is 5. The molecule has 4 aliphatic carbocycles. The lowest BCUT2D eigenvalue weighted by Crippen LogP contribution is -2.48. The molecule has 136 valence electrons. The molecule has 2 aromatic rings. The molecule has 4 aliphatic rings. The van der Waals surface area contributed by atoms with Crippen LogP contribution in [0.5, 0.6) is 0 Å². The molecule has 4 saturated carbocycles. The molecule has 6 heteroatoms. The Morgan fingerprint density at radius 3 is 2.27 bits per heavy atom. The second kappa shape index (κ2) is 6.12. The van der Waals surface area contributed by atoms with Crippen molar-refractivity contribution in [2.45, 2.75) is 54.9 Å². The highest BCUT2D eigenvalue weighted by molar-refractivity contribution is 7.98. The van der Waals surface area contributed by atoms with Crippen molar-refractivity contribution in [2.75, 3.05) is 0 Å². The molecular weight excluding hydrogens is 348 g/mol. The minimum absolute atomic E-state index is 0.143. The normalized spacial score (nSPS) is 32.1. The standard InChI is InChI=1S/C20H22N2O3S/c23-17(24)16-3-1-12(2-4-16)11-26-19-22-21-18(25-19)20-8-13-5-14(9-20)7-15(6-13)10-20/h1-4,13-15H,5-11H2,(H,23,24). The summed E-state index contributed by atoms with van der Waals surface area (Å²) in [5.41, 5.74) is 1.50. The minimum Gasteiger partial charge on any atom is -0.478 e. The Balaban J connectivity index is 1.28. The summed E-state index contributed by atoms with van der Waals surface area (Å²) in [6.45, 7) is 0. The molecule has 1 aromatic carbocycles. The van der Waals surface area contributed by atoms with Crippen LogP contribution in [0.1, 0.15) is 60.3 Å². The highest BCUT2D eigenvalue weighted by Gasteiger charge is 2.54. The van der Waals surface area contributed by atoms with Crippen molar-refractivity contribution in [3.05, 3.63) is 41.3 Å². The number of aromatic carboxylic acids is 1. The first kappa shape index (κ1) is 16.4. The van der Waals surface area contributed by atoms with Crippen molar-refractivity contribution in [3.8, 4) is 0 Å². The summed E-state index contributed by atoms with van der Waals surface area (Å²) in [5, 5.41) is 18.3. The Morgan fingerprint density at radius 2 is 1.69 bits per heavy atom. The summed E-state index contributed by atoms with van der Waals surface area (Å²) < 4.78 is 6.10. The quantitative estimate of drug-likeness (QED) is 0.780. The molecule has 1 aromatic heterocycles. The number of aromatic nitrogens is 2. The van der Waals surface area contributed by atoms with Crippen LogP contribution in [0, 0.1) is 17.8 Å². The third kappa shape index (κ3) is 2.84. The van der Waals surface area contributed by atoms with E-state index in [2.05, 4.69) is 10.2 Å². The minimum atomic E-state index is -0.902. The Kier molecular flexibility index (Phi) is 3.85. The zero-order valence-electron chi connectivity index (χ0n) is 14.6. The fourth-order valence-corrected chi connectivity index (χ4v) is 6.46. The van der Waals surface area contributed by atoms with Crippen LogP contribution in [-0.2, 0) is 11.2 Å². The van der Waals surface area contributed by atoms with Gasteiger partial charge >= 0.3 is 5.97 Å². The largest absolute Gasteiger partial charge is 0.478 e. The van der Waals surface area contributed by atoms with Gasteiger partial charge in [0, 0.05) is 11.2 Å². The van der Waals surface area contributed by atoms with E-state index in [0.717, 1.165) is 29.2 Å². The van der Waals surface area contributed by atoms with Crippen molar-refractivity contribution in [1.29, 1.82) is 0 Å². The molecule has 6 rings (SSSR count). The first-order valence-electron chi connectivity index (χ1n) is 9.39. The number of hydrogen-bond donors (Lipinski definition) is 1. The van der Waals surface area contributed by atoms with Crippen LogP contribution in [-0.4, -0.2) is 21.3 Å². The predicted molar refractivity (Wildman–Crippen MR) is 97.1 cm³/mol. The van der Waals surface area contributed by atoms with E-state index in [0.29, 0.717) is 16.5 Å². The van der Waals surface area contributed by atoms with Crippen molar-refractivity contribution in [2.24, 2.45) is 17.8 Å². The lowest BCUT2D eigenvalue weighted by molar-refractivity contribution is -0.0191. The number of rotatable bonds is 5.